The Morgan fingerprint density at radius 2 is 1.92 bits per heavy atom. The molecule has 3 aromatic rings. The molecule has 0 bridgehead atoms. The summed E-state index contributed by atoms with van der Waals surface area (Å²) in [4.78, 5) is 0.402. The van der Waals surface area contributed by atoms with Crippen molar-refractivity contribution in [1.82, 2.24) is 10.2 Å². The van der Waals surface area contributed by atoms with Gasteiger partial charge in [-0.15, -0.1) is 10.2 Å². The highest BCUT2D eigenvalue weighted by atomic mass is 35.5. The fourth-order valence-electron chi connectivity index (χ4n) is 2.12. The summed E-state index contributed by atoms with van der Waals surface area (Å²) in [6, 6.07) is 12.2. The van der Waals surface area contributed by atoms with Crippen LogP contribution in [0.3, 0.4) is 0 Å². The Balaban J connectivity index is 1.66. The van der Waals surface area contributed by atoms with Crippen molar-refractivity contribution in [3.8, 4) is 17.2 Å². The van der Waals surface area contributed by atoms with Crippen molar-refractivity contribution in [2.75, 3.05) is 7.11 Å². The summed E-state index contributed by atoms with van der Waals surface area (Å²) in [7, 11) is 1.46. The van der Waals surface area contributed by atoms with Gasteiger partial charge in [-0.1, -0.05) is 41.2 Å². The number of benzene rings is 2. The maximum Gasteiger partial charge on any atom is 0.289 e. The summed E-state index contributed by atoms with van der Waals surface area (Å²) < 4.78 is 35.9. The summed E-state index contributed by atoms with van der Waals surface area (Å²) in [5, 5.41) is 9.07. The van der Waals surface area contributed by atoms with Crippen LogP contribution in [0.25, 0.3) is 11.5 Å². The summed E-state index contributed by atoms with van der Waals surface area (Å²) in [5.41, 5.74) is 1.68. The Morgan fingerprint density at radius 3 is 2.62 bits per heavy atom. The second-order valence-electron chi connectivity index (χ2n) is 5.03. The first kappa shape index (κ1) is 19.0. The predicted molar refractivity (Wildman–Crippen MR) is 99.2 cm³/mol. The molecule has 0 saturated carbocycles. The molecule has 136 valence electrons. The van der Waals surface area contributed by atoms with Gasteiger partial charge in [0.2, 0.25) is 5.89 Å². The van der Waals surface area contributed by atoms with E-state index in [1.807, 2.05) is 0 Å². The van der Waals surface area contributed by atoms with E-state index in [2.05, 4.69) is 10.2 Å². The molecule has 0 aliphatic heterocycles. The molecule has 0 fully saturated rings. The van der Waals surface area contributed by atoms with Crippen LogP contribution in [0.5, 0.6) is 5.75 Å². The number of ether oxygens (including phenoxy) is 1. The zero-order chi connectivity index (χ0) is 18.5. The molecule has 2 aromatic carbocycles. The maximum atomic E-state index is 12.5. The molecule has 0 spiro atoms. The first-order valence-electron chi connectivity index (χ1n) is 7.39. The van der Waals surface area contributed by atoms with Crippen molar-refractivity contribution in [2.45, 2.75) is 21.6 Å². The molecule has 4 nitrogen and oxygen atoms in total. The molecule has 0 amide bonds. The molecule has 9 heteroatoms. The third-order valence-electron chi connectivity index (χ3n) is 3.30. The van der Waals surface area contributed by atoms with E-state index in [-0.39, 0.29) is 0 Å². The minimum atomic E-state index is -2.49. The van der Waals surface area contributed by atoms with Crippen LogP contribution in [0.1, 0.15) is 5.56 Å². The zero-order valence-corrected chi connectivity index (χ0v) is 15.9. The third-order valence-corrected chi connectivity index (χ3v) is 5.21. The second-order valence-corrected chi connectivity index (χ2v) is 7.43. The molecule has 0 unspecified atom stereocenters. The molecule has 0 N–H and O–H groups in total. The minimum absolute atomic E-state index is 0.402. The van der Waals surface area contributed by atoms with Gasteiger partial charge < -0.3 is 9.15 Å². The topological polar surface area (TPSA) is 48.2 Å². The van der Waals surface area contributed by atoms with Gasteiger partial charge in [0, 0.05) is 16.3 Å². The van der Waals surface area contributed by atoms with Crippen molar-refractivity contribution >= 4 is 35.1 Å². The van der Waals surface area contributed by atoms with Gasteiger partial charge in [-0.3, -0.25) is 0 Å². The SMILES string of the molecule is COc1cc(CSc2nnc(-c3ccc(Cl)cc3)o2)ccc1SC(F)F. The van der Waals surface area contributed by atoms with E-state index in [1.165, 1.54) is 18.9 Å². The van der Waals surface area contributed by atoms with Gasteiger partial charge in [-0.05, 0) is 42.0 Å². The third kappa shape index (κ3) is 4.90. The summed E-state index contributed by atoms with van der Waals surface area (Å²) in [6.07, 6.45) is 0. The largest absolute Gasteiger partial charge is 0.496 e. The number of hydrogen-bond donors (Lipinski definition) is 0. The van der Waals surface area contributed by atoms with Crippen LogP contribution in [-0.2, 0) is 5.75 Å². The number of methoxy groups -OCH3 is 1. The van der Waals surface area contributed by atoms with E-state index >= 15 is 0 Å². The summed E-state index contributed by atoms with van der Waals surface area (Å²) >= 11 is 7.67. The molecule has 26 heavy (non-hydrogen) atoms. The highest BCUT2D eigenvalue weighted by molar-refractivity contribution is 7.99. The monoisotopic (exact) mass is 414 g/mol. The highest BCUT2D eigenvalue weighted by Crippen LogP contribution is 2.35. The van der Waals surface area contributed by atoms with Crippen molar-refractivity contribution in [3.63, 3.8) is 0 Å². The van der Waals surface area contributed by atoms with Crippen LogP contribution in [0.4, 0.5) is 8.78 Å². The summed E-state index contributed by atoms with van der Waals surface area (Å²) in [5.74, 6) is -1.13. The molecule has 0 radical (unpaired) electrons. The van der Waals surface area contributed by atoms with Crippen molar-refractivity contribution in [3.05, 3.63) is 53.1 Å². The van der Waals surface area contributed by atoms with Crippen LogP contribution in [0.2, 0.25) is 5.02 Å². The van der Waals surface area contributed by atoms with Crippen molar-refractivity contribution < 1.29 is 17.9 Å². The van der Waals surface area contributed by atoms with Crippen molar-refractivity contribution in [2.24, 2.45) is 0 Å². The fraction of sp³-hybridized carbons (Fsp3) is 0.176. The van der Waals surface area contributed by atoms with Gasteiger partial charge in [-0.25, -0.2) is 0 Å². The van der Waals surface area contributed by atoms with Crippen LogP contribution < -0.4 is 4.74 Å². The smallest absolute Gasteiger partial charge is 0.289 e. The molecule has 0 atom stereocenters. The van der Waals surface area contributed by atoms with Gasteiger partial charge in [-0.2, -0.15) is 8.78 Å². The molecule has 1 aromatic heterocycles. The average Bonchev–Trinajstić information content (AvgIpc) is 3.10. The standard InChI is InChI=1S/C17H13ClF2N2O2S2/c1-23-13-8-10(2-7-14(13)26-16(19)20)9-25-17-22-21-15(24-17)11-3-5-12(18)6-4-11/h2-8,16H,9H2,1H3. The van der Waals surface area contributed by atoms with Crippen molar-refractivity contribution in [1.29, 1.82) is 0 Å². The lowest BCUT2D eigenvalue weighted by Crippen LogP contribution is -1.91. The lowest BCUT2D eigenvalue weighted by atomic mass is 10.2. The number of hydrogen-bond acceptors (Lipinski definition) is 6. The van der Waals surface area contributed by atoms with Gasteiger partial charge in [0.25, 0.3) is 11.0 Å². The van der Waals surface area contributed by atoms with Gasteiger partial charge >= 0.3 is 0 Å². The Labute approximate surface area is 162 Å². The number of nitrogens with zero attached hydrogens (tertiary/aromatic N) is 2. The summed E-state index contributed by atoms with van der Waals surface area (Å²) in [6.45, 7) is 0. The molecular weight excluding hydrogens is 402 g/mol. The number of thioether (sulfide) groups is 2. The van der Waals surface area contributed by atoms with Gasteiger partial charge in [0.05, 0.1) is 12.0 Å². The average molecular weight is 415 g/mol. The van der Waals surface area contributed by atoms with E-state index in [4.69, 9.17) is 20.8 Å². The van der Waals surface area contributed by atoms with Crippen LogP contribution in [-0.4, -0.2) is 23.1 Å². The first-order valence-corrected chi connectivity index (χ1v) is 9.63. The van der Waals surface area contributed by atoms with Crippen LogP contribution >= 0.6 is 35.1 Å². The maximum absolute atomic E-state index is 12.5. The predicted octanol–water partition coefficient (Wildman–Crippen LogP) is 6.01. The fourth-order valence-corrected chi connectivity index (χ4v) is 3.55. The van der Waals surface area contributed by atoms with Gasteiger partial charge in [0.15, 0.2) is 0 Å². The van der Waals surface area contributed by atoms with Crippen LogP contribution in [0, 0.1) is 0 Å². The van der Waals surface area contributed by atoms with E-state index in [0.717, 1.165) is 11.1 Å². The number of halogens is 3. The van der Waals surface area contributed by atoms with E-state index in [0.29, 0.717) is 44.3 Å². The molecular formula is C17H13ClF2N2O2S2. The molecule has 3 rings (SSSR count). The lowest BCUT2D eigenvalue weighted by molar-refractivity contribution is 0.251. The first-order chi connectivity index (χ1) is 12.5. The Morgan fingerprint density at radius 1 is 1.15 bits per heavy atom. The molecule has 1 heterocycles. The quantitative estimate of drug-likeness (QED) is 0.441. The Bertz CT molecular complexity index is 875. The lowest BCUT2D eigenvalue weighted by Gasteiger charge is -2.09. The zero-order valence-electron chi connectivity index (χ0n) is 13.5. The van der Waals surface area contributed by atoms with Crippen LogP contribution in [0.15, 0.2) is 57.0 Å². The number of alkyl halides is 2. The minimum Gasteiger partial charge on any atom is -0.496 e. The van der Waals surface area contributed by atoms with E-state index in [9.17, 15) is 8.78 Å². The normalized spacial score (nSPS) is 11.1. The van der Waals surface area contributed by atoms with E-state index < -0.39 is 5.76 Å². The van der Waals surface area contributed by atoms with Gasteiger partial charge in [0.1, 0.15) is 5.75 Å². The Kier molecular flexibility index (Phi) is 6.39. The molecule has 0 aliphatic carbocycles. The second kappa shape index (κ2) is 8.75. The molecule has 0 aliphatic rings. The molecule has 0 saturated heterocycles. The van der Waals surface area contributed by atoms with E-state index in [1.54, 1.807) is 42.5 Å². The highest BCUT2D eigenvalue weighted by Gasteiger charge is 2.13. The number of rotatable bonds is 7. The Hall–Kier alpha value is -1.77. The number of aromatic nitrogens is 2.